The quantitative estimate of drug-likeness (QED) is 0.819. The van der Waals surface area contributed by atoms with Crippen LogP contribution in [0.4, 0.5) is 0 Å². The van der Waals surface area contributed by atoms with Crippen LogP contribution in [0.3, 0.4) is 0 Å². The summed E-state index contributed by atoms with van der Waals surface area (Å²) in [4.78, 5) is 37.2. The van der Waals surface area contributed by atoms with Gasteiger partial charge < -0.3 is 15.3 Å². The summed E-state index contributed by atoms with van der Waals surface area (Å²) in [6.45, 7) is 3.19. The van der Waals surface area contributed by atoms with Gasteiger partial charge in [0.15, 0.2) is 0 Å². The van der Waals surface area contributed by atoms with Crippen LogP contribution in [-0.4, -0.2) is 47.4 Å². The third-order valence-electron chi connectivity index (χ3n) is 3.14. The van der Waals surface area contributed by atoms with Crippen LogP contribution in [0, 0.1) is 6.92 Å². The van der Waals surface area contributed by atoms with Gasteiger partial charge in [0, 0.05) is 37.0 Å². The number of carbonyl (C=O) groups excluding carboxylic acids is 2. The molecule has 2 N–H and O–H groups in total. The van der Waals surface area contributed by atoms with Crippen molar-refractivity contribution in [3.63, 3.8) is 0 Å². The van der Waals surface area contributed by atoms with Crippen LogP contribution >= 0.6 is 11.3 Å². The first-order valence-electron chi connectivity index (χ1n) is 6.55. The zero-order valence-corrected chi connectivity index (χ0v) is 12.4. The van der Waals surface area contributed by atoms with E-state index in [9.17, 15) is 14.4 Å². The highest BCUT2D eigenvalue weighted by molar-refractivity contribution is 7.15. The number of amides is 2. The molecule has 1 aliphatic rings. The van der Waals surface area contributed by atoms with Gasteiger partial charge >= 0.3 is 5.97 Å². The first-order chi connectivity index (χ1) is 9.97. The Hall–Kier alpha value is -2.15. The first-order valence-corrected chi connectivity index (χ1v) is 7.36. The second-order valence-electron chi connectivity index (χ2n) is 4.72. The van der Waals surface area contributed by atoms with E-state index in [0.29, 0.717) is 30.9 Å². The number of aliphatic carboxylic acids is 1. The topological polar surface area (TPSA) is 86.7 Å². The van der Waals surface area contributed by atoms with Crippen molar-refractivity contribution in [1.29, 1.82) is 0 Å². The Bertz CT molecular complexity index is 606. The van der Waals surface area contributed by atoms with Gasteiger partial charge in [-0.25, -0.2) is 4.79 Å². The predicted octanol–water partition coefficient (Wildman–Crippen LogP) is 1.12. The number of nitrogens with zero attached hydrogens (tertiary/aromatic N) is 1. The maximum absolute atomic E-state index is 12.4. The average molecular weight is 308 g/mol. The maximum Gasteiger partial charge on any atom is 0.328 e. The molecule has 0 spiro atoms. The molecule has 0 saturated carbocycles. The maximum atomic E-state index is 12.4. The Balaban J connectivity index is 2.14. The summed E-state index contributed by atoms with van der Waals surface area (Å²) < 4.78 is 0. The van der Waals surface area contributed by atoms with Crippen molar-refractivity contribution in [1.82, 2.24) is 10.2 Å². The van der Waals surface area contributed by atoms with Crippen LogP contribution in [0.15, 0.2) is 12.1 Å². The molecule has 0 bridgehead atoms. The van der Waals surface area contributed by atoms with Crippen molar-refractivity contribution >= 4 is 35.2 Å². The molecular weight excluding hydrogens is 292 g/mol. The summed E-state index contributed by atoms with van der Waals surface area (Å²) in [5, 5.41) is 11.4. The largest absolute Gasteiger partial charge is 0.478 e. The van der Waals surface area contributed by atoms with Gasteiger partial charge in [-0.05, 0) is 24.6 Å². The van der Waals surface area contributed by atoms with Crippen molar-refractivity contribution in [2.75, 3.05) is 19.6 Å². The summed E-state index contributed by atoms with van der Waals surface area (Å²) >= 11 is 1.26. The monoisotopic (exact) mass is 308 g/mol. The number of hydrogen-bond donors (Lipinski definition) is 2. The fraction of sp³-hybridized carbons (Fsp3) is 0.357. The molecule has 2 rings (SSSR count). The highest BCUT2D eigenvalue weighted by atomic mass is 32.1. The lowest BCUT2D eigenvalue weighted by atomic mass is 10.2. The molecule has 0 aliphatic carbocycles. The molecule has 1 saturated heterocycles. The first kappa shape index (κ1) is 15.2. The van der Waals surface area contributed by atoms with Crippen LogP contribution in [0.2, 0.25) is 0 Å². The number of thiophene rings is 1. The van der Waals surface area contributed by atoms with E-state index in [-0.39, 0.29) is 11.8 Å². The number of carboxylic acid groups (broad SMARTS) is 1. The number of carboxylic acids is 1. The number of rotatable bonds is 3. The minimum Gasteiger partial charge on any atom is -0.478 e. The average Bonchev–Trinajstić information content (AvgIpc) is 2.66. The predicted molar refractivity (Wildman–Crippen MR) is 79.3 cm³/mol. The zero-order valence-electron chi connectivity index (χ0n) is 11.6. The van der Waals surface area contributed by atoms with Crippen molar-refractivity contribution in [3.8, 4) is 0 Å². The standard InChI is InChI=1S/C14H16N2O4S/c1-9-8-11(21-10(9)2-3-13(18)19)14(20)16-6-4-12(17)15-5-7-16/h2-3,8H,4-7H2,1H3,(H,15,17)(H,18,19)/b3-2+. The molecule has 1 aromatic heterocycles. The highest BCUT2D eigenvalue weighted by Crippen LogP contribution is 2.24. The van der Waals surface area contributed by atoms with Crippen LogP contribution in [0.25, 0.3) is 6.08 Å². The van der Waals surface area contributed by atoms with Crippen LogP contribution in [0.1, 0.15) is 26.5 Å². The van der Waals surface area contributed by atoms with Gasteiger partial charge in [0.2, 0.25) is 5.91 Å². The highest BCUT2D eigenvalue weighted by Gasteiger charge is 2.21. The van der Waals surface area contributed by atoms with Gasteiger partial charge in [-0.3, -0.25) is 9.59 Å². The Morgan fingerprint density at radius 2 is 2.19 bits per heavy atom. The van der Waals surface area contributed by atoms with E-state index in [0.717, 1.165) is 16.5 Å². The van der Waals surface area contributed by atoms with Crippen LogP contribution in [-0.2, 0) is 9.59 Å². The van der Waals surface area contributed by atoms with Crippen molar-refractivity contribution in [2.45, 2.75) is 13.3 Å². The van der Waals surface area contributed by atoms with Crippen molar-refractivity contribution in [2.24, 2.45) is 0 Å². The molecule has 7 heteroatoms. The van der Waals surface area contributed by atoms with Gasteiger partial charge in [0.1, 0.15) is 0 Å². The second kappa shape index (κ2) is 6.53. The molecule has 0 radical (unpaired) electrons. The summed E-state index contributed by atoms with van der Waals surface area (Å²) in [6, 6.07) is 1.76. The molecule has 1 aliphatic heterocycles. The lowest BCUT2D eigenvalue weighted by molar-refractivity contribution is -0.131. The van der Waals surface area contributed by atoms with Gasteiger partial charge in [-0.15, -0.1) is 11.3 Å². The Morgan fingerprint density at radius 3 is 2.90 bits per heavy atom. The summed E-state index contributed by atoms with van der Waals surface area (Å²) in [7, 11) is 0. The lowest BCUT2D eigenvalue weighted by Gasteiger charge is -2.18. The summed E-state index contributed by atoms with van der Waals surface area (Å²) in [5.41, 5.74) is 0.866. The molecule has 21 heavy (non-hydrogen) atoms. The van der Waals surface area contributed by atoms with Gasteiger partial charge in [-0.1, -0.05) is 0 Å². The Kier molecular flexibility index (Phi) is 4.74. The molecule has 0 aromatic carbocycles. The summed E-state index contributed by atoms with van der Waals surface area (Å²) in [6.07, 6.45) is 2.86. The van der Waals surface area contributed by atoms with Gasteiger partial charge in [0.25, 0.3) is 5.91 Å². The van der Waals surface area contributed by atoms with E-state index < -0.39 is 5.97 Å². The van der Waals surface area contributed by atoms with E-state index in [1.165, 1.54) is 17.4 Å². The zero-order chi connectivity index (χ0) is 15.4. The van der Waals surface area contributed by atoms with Gasteiger partial charge in [0.05, 0.1) is 4.88 Å². The van der Waals surface area contributed by atoms with E-state index in [2.05, 4.69) is 5.32 Å². The summed E-state index contributed by atoms with van der Waals surface area (Å²) in [5.74, 6) is -1.18. The number of carbonyl (C=O) groups is 3. The molecule has 112 valence electrons. The molecule has 2 heterocycles. The van der Waals surface area contributed by atoms with Crippen LogP contribution in [0.5, 0.6) is 0 Å². The fourth-order valence-corrected chi connectivity index (χ4v) is 3.08. The molecular formula is C14H16N2O4S. The molecule has 0 atom stereocenters. The SMILES string of the molecule is Cc1cc(C(=O)N2CCNC(=O)CC2)sc1/C=C/C(=O)O. The van der Waals surface area contributed by atoms with E-state index in [1.54, 1.807) is 11.0 Å². The Labute approximate surface area is 126 Å². The number of nitrogens with one attached hydrogen (secondary N) is 1. The molecule has 1 fully saturated rings. The molecule has 2 amide bonds. The third-order valence-corrected chi connectivity index (χ3v) is 4.33. The van der Waals surface area contributed by atoms with Crippen molar-refractivity contribution in [3.05, 3.63) is 27.5 Å². The second-order valence-corrected chi connectivity index (χ2v) is 5.81. The minimum absolute atomic E-state index is 0.0438. The van der Waals surface area contributed by atoms with Crippen molar-refractivity contribution < 1.29 is 19.5 Å². The smallest absolute Gasteiger partial charge is 0.328 e. The van der Waals surface area contributed by atoms with E-state index in [1.807, 2.05) is 6.92 Å². The fourth-order valence-electron chi connectivity index (χ4n) is 2.04. The van der Waals surface area contributed by atoms with Gasteiger partial charge in [-0.2, -0.15) is 0 Å². The minimum atomic E-state index is -1.02. The third kappa shape index (κ3) is 3.91. The lowest BCUT2D eigenvalue weighted by Crippen LogP contribution is -2.33. The molecule has 0 unspecified atom stereocenters. The van der Waals surface area contributed by atoms with E-state index in [4.69, 9.17) is 5.11 Å². The number of aryl methyl sites for hydroxylation is 1. The molecule has 6 nitrogen and oxygen atoms in total. The number of hydrogen-bond acceptors (Lipinski definition) is 4. The van der Waals surface area contributed by atoms with Crippen LogP contribution < -0.4 is 5.32 Å². The molecule has 1 aromatic rings. The van der Waals surface area contributed by atoms with E-state index >= 15 is 0 Å². The Morgan fingerprint density at radius 1 is 1.43 bits per heavy atom. The normalized spacial score (nSPS) is 15.9.